The third-order valence-electron chi connectivity index (χ3n) is 5.18. The molecule has 0 N–H and O–H groups in total. The lowest BCUT2D eigenvalue weighted by Crippen LogP contribution is -2.50. The van der Waals surface area contributed by atoms with E-state index in [1.165, 1.54) is 16.7 Å². The van der Waals surface area contributed by atoms with Gasteiger partial charge in [0.2, 0.25) is 0 Å². The van der Waals surface area contributed by atoms with Crippen molar-refractivity contribution in [2.24, 2.45) is 0 Å². The van der Waals surface area contributed by atoms with Crippen LogP contribution in [0.1, 0.15) is 16.7 Å². The molecule has 3 nitrogen and oxygen atoms in total. The van der Waals surface area contributed by atoms with Gasteiger partial charge in [-0.05, 0) is 16.7 Å². The minimum Gasteiger partial charge on any atom is -0.383 e. The van der Waals surface area contributed by atoms with Crippen LogP contribution < -0.4 is 0 Å². The Morgan fingerprint density at radius 3 is 1.18 bits per heavy atom. The molecule has 0 radical (unpaired) electrons. The summed E-state index contributed by atoms with van der Waals surface area (Å²) >= 11 is 0. The van der Waals surface area contributed by atoms with Gasteiger partial charge >= 0.3 is 0 Å². The Morgan fingerprint density at radius 2 is 0.893 bits per heavy atom. The summed E-state index contributed by atoms with van der Waals surface area (Å²) in [6, 6.07) is 32.2. The fraction of sp³-hybridized carbons (Fsp3) is 0.280. The van der Waals surface area contributed by atoms with Crippen molar-refractivity contribution >= 4 is 0 Å². The summed E-state index contributed by atoms with van der Waals surface area (Å²) in [5, 5.41) is 0. The first-order valence-corrected chi connectivity index (χ1v) is 9.73. The van der Waals surface area contributed by atoms with Crippen molar-refractivity contribution in [3.63, 3.8) is 0 Å². The lowest BCUT2D eigenvalue weighted by atomic mass is 9.75. The molecule has 0 unspecified atom stereocenters. The highest BCUT2D eigenvalue weighted by atomic mass is 16.5. The number of hydrogen-bond donors (Lipinski definition) is 0. The van der Waals surface area contributed by atoms with Gasteiger partial charge in [-0.25, -0.2) is 0 Å². The molecule has 3 aromatic carbocycles. The Bertz CT molecular complexity index is 701. The van der Waals surface area contributed by atoms with Crippen molar-refractivity contribution in [3.8, 4) is 0 Å². The molecule has 3 aromatic rings. The number of rotatable bonds is 10. The summed E-state index contributed by atoms with van der Waals surface area (Å²) in [6.45, 7) is 2.88. The van der Waals surface area contributed by atoms with Crippen LogP contribution in [0.5, 0.6) is 0 Å². The molecule has 0 aliphatic heterocycles. The molecule has 0 aliphatic carbocycles. The zero-order valence-corrected chi connectivity index (χ0v) is 16.8. The third kappa shape index (κ3) is 4.17. The van der Waals surface area contributed by atoms with Gasteiger partial charge in [0.05, 0.1) is 18.8 Å². The van der Waals surface area contributed by atoms with E-state index in [1.54, 1.807) is 14.2 Å². The minimum atomic E-state index is -0.430. The Kier molecular flexibility index (Phi) is 7.38. The Labute approximate surface area is 168 Å². The van der Waals surface area contributed by atoms with E-state index in [0.717, 1.165) is 13.1 Å². The first kappa shape index (κ1) is 20.3. The van der Waals surface area contributed by atoms with Crippen molar-refractivity contribution in [2.75, 3.05) is 40.5 Å². The topological polar surface area (TPSA) is 21.7 Å². The summed E-state index contributed by atoms with van der Waals surface area (Å²) in [5.74, 6) is 0. The number of benzene rings is 3. The lowest BCUT2D eigenvalue weighted by Gasteiger charge is -2.45. The molecular formula is C25H29NO2. The third-order valence-corrected chi connectivity index (χ3v) is 5.18. The minimum absolute atomic E-state index is 0.430. The molecule has 0 bridgehead atoms. The monoisotopic (exact) mass is 375 g/mol. The summed E-state index contributed by atoms with van der Waals surface area (Å²) in [6.07, 6.45) is 0. The molecule has 3 rings (SSSR count). The van der Waals surface area contributed by atoms with Crippen molar-refractivity contribution in [3.05, 3.63) is 108 Å². The van der Waals surface area contributed by atoms with E-state index >= 15 is 0 Å². The molecule has 0 fully saturated rings. The van der Waals surface area contributed by atoms with Gasteiger partial charge in [-0.2, -0.15) is 0 Å². The van der Waals surface area contributed by atoms with E-state index in [0.29, 0.717) is 13.2 Å². The SMILES string of the molecule is COCCN(CCOC)C(c1ccccc1)(c1ccccc1)c1ccccc1. The normalized spacial score (nSPS) is 11.7. The van der Waals surface area contributed by atoms with Crippen LogP contribution in [0.3, 0.4) is 0 Å². The van der Waals surface area contributed by atoms with Crippen molar-refractivity contribution in [1.82, 2.24) is 4.90 Å². The van der Waals surface area contributed by atoms with Gasteiger partial charge in [0.25, 0.3) is 0 Å². The lowest BCUT2D eigenvalue weighted by molar-refractivity contribution is 0.0688. The van der Waals surface area contributed by atoms with E-state index in [2.05, 4.69) is 95.9 Å². The Balaban J connectivity index is 2.28. The molecular weight excluding hydrogens is 346 g/mol. The van der Waals surface area contributed by atoms with E-state index in [-0.39, 0.29) is 0 Å². The van der Waals surface area contributed by atoms with Crippen LogP contribution in [0.25, 0.3) is 0 Å². The van der Waals surface area contributed by atoms with Gasteiger partial charge in [0.1, 0.15) is 0 Å². The standard InChI is InChI=1S/C25H29NO2/c1-27-20-18-26(19-21-28-2)25(22-12-6-3-7-13-22,23-14-8-4-9-15-23)24-16-10-5-11-17-24/h3-17H,18-21H2,1-2H3. The van der Waals surface area contributed by atoms with Crippen LogP contribution in [0.15, 0.2) is 91.0 Å². The molecule has 0 saturated carbocycles. The van der Waals surface area contributed by atoms with Crippen LogP contribution in [-0.4, -0.2) is 45.4 Å². The molecule has 0 spiro atoms. The van der Waals surface area contributed by atoms with Gasteiger partial charge in [-0.15, -0.1) is 0 Å². The number of methoxy groups -OCH3 is 2. The summed E-state index contributed by atoms with van der Waals surface area (Å²) in [5.41, 5.74) is 3.28. The molecule has 28 heavy (non-hydrogen) atoms. The molecule has 0 aromatic heterocycles. The molecule has 0 heterocycles. The second-order valence-electron chi connectivity index (χ2n) is 6.78. The van der Waals surface area contributed by atoms with Gasteiger partial charge < -0.3 is 9.47 Å². The molecule has 0 saturated heterocycles. The first-order valence-electron chi connectivity index (χ1n) is 9.73. The average Bonchev–Trinajstić information content (AvgIpc) is 2.78. The zero-order valence-electron chi connectivity index (χ0n) is 16.8. The van der Waals surface area contributed by atoms with E-state index < -0.39 is 5.54 Å². The second kappa shape index (κ2) is 10.2. The fourth-order valence-electron chi connectivity index (χ4n) is 3.94. The smallest absolute Gasteiger partial charge is 0.0974 e. The quantitative estimate of drug-likeness (QED) is 0.485. The highest BCUT2D eigenvalue weighted by molar-refractivity contribution is 5.49. The van der Waals surface area contributed by atoms with Crippen LogP contribution in [0, 0.1) is 0 Å². The van der Waals surface area contributed by atoms with Crippen LogP contribution in [0.4, 0.5) is 0 Å². The van der Waals surface area contributed by atoms with E-state index in [9.17, 15) is 0 Å². The molecule has 146 valence electrons. The van der Waals surface area contributed by atoms with Crippen molar-refractivity contribution in [1.29, 1.82) is 0 Å². The highest BCUT2D eigenvalue weighted by Crippen LogP contribution is 2.42. The van der Waals surface area contributed by atoms with Crippen molar-refractivity contribution in [2.45, 2.75) is 5.54 Å². The maximum absolute atomic E-state index is 5.47. The van der Waals surface area contributed by atoms with Crippen LogP contribution in [0.2, 0.25) is 0 Å². The molecule has 0 aliphatic rings. The van der Waals surface area contributed by atoms with Gasteiger partial charge in [-0.1, -0.05) is 91.0 Å². The fourth-order valence-corrected chi connectivity index (χ4v) is 3.94. The highest BCUT2D eigenvalue weighted by Gasteiger charge is 2.41. The largest absolute Gasteiger partial charge is 0.383 e. The summed E-state index contributed by atoms with van der Waals surface area (Å²) in [4.78, 5) is 2.47. The predicted molar refractivity (Wildman–Crippen MR) is 115 cm³/mol. The predicted octanol–water partition coefficient (Wildman–Crippen LogP) is 4.57. The zero-order chi connectivity index (χ0) is 19.7. The molecule has 3 heteroatoms. The van der Waals surface area contributed by atoms with Crippen LogP contribution in [-0.2, 0) is 15.0 Å². The van der Waals surface area contributed by atoms with E-state index in [1.807, 2.05) is 0 Å². The first-order chi connectivity index (χ1) is 13.8. The molecule has 0 amide bonds. The number of ether oxygens (including phenoxy) is 2. The maximum atomic E-state index is 5.47. The maximum Gasteiger partial charge on any atom is 0.0974 e. The summed E-state index contributed by atoms with van der Waals surface area (Å²) in [7, 11) is 3.51. The molecule has 0 atom stereocenters. The Morgan fingerprint density at radius 1 is 0.571 bits per heavy atom. The van der Waals surface area contributed by atoms with Gasteiger partial charge in [0.15, 0.2) is 0 Å². The second-order valence-corrected chi connectivity index (χ2v) is 6.78. The van der Waals surface area contributed by atoms with E-state index in [4.69, 9.17) is 9.47 Å². The van der Waals surface area contributed by atoms with Gasteiger partial charge in [-0.3, -0.25) is 4.90 Å². The van der Waals surface area contributed by atoms with Crippen LogP contribution >= 0.6 is 0 Å². The summed E-state index contributed by atoms with van der Waals surface area (Å²) < 4.78 is 10.9. The average molecular weight is 376 g/mol. The number of hydrogen-bond acceptors (Lipinski definition) is 3. The number of nitrogens with zero attached hydrogens (tertiary/aromatic N) is 1. The Hall–Kier alpha value is -2.46. The van der Waals surface area contributed by atoms with Gasteiger partial charge in [0, 0.05) is 27.3 Å². The van der Waals surface area contributed by atoms with Crippen molar-refractivity contribution < 1.29 is 9.47 Å².